The molecule has 0 radical (unpaired) electrons. The van der Waals surface area contributed by atoms with Gasteiger partial charge in [-0.25, -0.2) is 4.79 Å². The molecule has 0 saturated carbocycles. The van der Waals surface area contributed by atoms with Gasteiger partial charge in [0.15, 0.2) is 0 Å². The predicted octanol–water partition coefficient (Wildman–Crippen LogP) is 1.85. The fourth-order valence-electron chi connectivity index (χ4n) is 1.10. The number of alkyl halides is 3. The summed E-state index contributed by atoms with van der Waals surface area (Å²) < 4.78 is 41.5. The van der Waals surface area contributed by atoms with Gasteiger partial charge in [-0.2, -0.15) is 13.2 Å². The van der Waals surface area contributed by atoms with Crippen molar-refractivity contribution in [2.24, 2.45) is 0 Å². The molecule has 0 spiro atoms. The topological polar surface area (TPSA) is 89.1 Å². The first-order valence-corrected chi connectivity index (χ1v) is 4.48. The van der Waals surface area contributed by atoms with Crippen molar-refractivity contribution >= 4 is 5.97 Å². The van der Waals surface area contributed by atoms with E-state index in [1.807, 2.05) is 0 Å². The number of hydrogen-bond acceptors (Lipinski definition) is 5. The van der Waals surface area contributed by atoms with Gasteiger partial charge in [-0.05, 0) is 12.1 Å². The van der Waals surface area contributed by atoms with E-state index in [2.05, 4.69) is 15.2 Å². The van der Waals surface area contributed by atoms with Crippen molar-refractivity contribution in [3.8, 4) is 11.6 Å². The largest absolute Gasteiger partial charge is 0.474 e. The first kappa shape index (κ1) is 12.0. The van der Waals surface area contributed by atoms with Crippen molar-refractivity contribution in [2.75, 3.05) is 0 Å². The van der Waals surface area contributed by atoms with E-state index < -0.39 is 23.6 Å². The highest BCUT2D eigenvalue weighted by Gasteiger charge is 2.31. The molecule has 2 heterocycles. The number of carboxylic acids is 1. The summed E-state index contributed by atoms with van der Waals surface area (Å²) in [5.74, 6) is -2.35. The highest BCUT2D eigenvalue weighted by atomic mass is 19.4. The normalized spacial score (nSPS) is 11.5. The Morgan fingerprint density at radius 3 is 2.44 bits per heavy atom. The maximum Gasteiger partial charge on any atom is 0.417 e. The number of carbonyl (C=O) groups is 1. The van der Waals surface area contributed by atoms with Crippen LogP contribution in [0.2, 0.25) is 0 Å². The number of halogens is 3. The van der Waals surface area contributed by atoms with Gasteiger partial charge in [0.2, 0.25) is 0 Å². The molecule has 18 heavy (non-hydrogen) atoms. The molecule has 2 rings (SSSR count). The maximum absolute atomic E-state index is 12.3. The van der Waals surface area contributed by atoms with Gasteiger partial charge in [0, 0.05) is 6.20 Å². The Labute approximate surface area is 97.1 Å². The summed E-state index contributed by atoms with van der Waals surface area (Å²) in [4.78, 5) is 13.9. The third kappa shape index (κ3) is 2.29. The molecule has 0 bridgehead atoms. The van der Waals surface area contributed by atoms with Crippen molar-refractivity contribution in [3.63, 3.8) is 0 Å². The van der Waals surface area contributed by atoms with Gasteiger partial charge in [0.25, 0.3) is 5.89 Å². The molecule has 1 N–H and O–H groups in total. The van der Waals surface area contributed by atoms with Crippen LogP contribution in [-0.4, -0.2) is 26.3 Å². The third-order valence-electron chi connectivity index (χ3n) is 1.92. The Bertz CT molecular complexity index is 577. The van der Waals surface area contributed by atoms with E-state index >= 15 is 0 Å². The van der Waals surface area contributed by atoms with E-state index in [4.69, 9.17) is 9.52 Å². The quantitative estimate of drug-likeness (QED) is 0.885. The molecule has 0 aromatic carbocycles. The Hall–Kier alpha value is -2.45. The monoisotopic (exact) mass is 259 g/mol. The van der Waals surface area contributed by atoms with Crippen LogP contribution in [0.3, 0.4) is 0 Å². The van der Waals surface area contributed by atoms with E-state index in [0.29, 0.717) is 6.20 Å². The van der Waals surface area contributed by atoms with Gasteiger partial charge in [0.05, 0.1) is 5.56 Å². The van der Waals surface area contributed by atoms with Crippen LogP contribution in [0.5, 0.6) is 0 Å². The zero-order chi connectivity index (χ0) is 13.3. The maximum atomic E-state index is 12.3. The standard InChI is InChI=1S/C9H4F3N3O3/c10-9(11,12)4-1-2-5(13-3-4)6-14-15-7(18-6)8(16)17/h1-3H,(H,16,17). The molecule has 0 unspecified atom stereocenters. The van der Waals surface area contributed by atoms with Gasteiger partial charge in [-0.3, -0.25) is 4.98 Å². The molecule has 2 aromatic rings. The van der Waals surface area contributed by atoms with Crippen LogP contribution in [0.1, 0.15) is 16.2 Å². The molecule has 9 heteroatoms. The van der Waals surface area contributed by atoms with E-state index in [1.165, 1.54) is 0 Å². The molecule has 0 aliphatic heterocycles. The summed E-state index contributed by atoms with van der Waals surface area (Å²) >= 11 is 0. The highest BCUT2D eigenvalue weighted by Crippen LogP contribution is 2.29. The molecule has 6 nitrogen and oxygen atoms in total. The molecular formula is C9H4F3N3O3. The average molecular weight is 259 g/mol. The minimum absolute atomic E-state index is 0.0389. The smallest absolute Gasteiger partial charge is 0.417 e. The summed E-state index contributed by atoms with van der Waals surface area (Å²) in [5, 5.41) is 15.1. The highest BCUT2D eigenvalue weighted by molar-refractivity contribution is 5.82. The molecular weight excluding hydrogens is 255 g/mol. The van der Waals surface area contributed by atoms with Crippen LogP contribution in [0.4, 0.5) is 13.2 Å². The van der Waals surface area contributed by atoms with Crippen LogP contribution in [0, 0.1) is 0 Å². The number of pyridine rings is 1. The molecule has 0 atom stereocenters. The third-order valence-corrected chi connectivity index (χ3v) is 1.92. The number of aromatic carboxylic acids is 1. The van der Waals surface area contributed by atoms with Gasteiger partial charge >= 0.3 is 18.0 Å². The molecule has 94 valence electrons. The lowest BCUT2D eigenvalue weighted by Crippen LogP contribution is -2.05. The average Bonchev–Trinajstić information content (AvgIpc) is 2.77. The van der Waals surface area contributed by atoms with Gasteiger partial charge in [-0.1, -0.05) is 0 Å². The Morgan fingerprint density at radius 1 is 1.28 bits per heavy atom. The second kappa shape index (κ2) is 4.09. The Morgan fingerprint density at radius 2 is 2.00 bits per heavy atom. The Kier molecular flexibility index (Phi) is 2.73. The van der Waals surface area contributed by atoms with Crippen LogP contribution in [0.15, 0.2) is 22.7 Å². The zero-order valence-electron chi connectivity index (χ0n) is 8.47. The van der Waals surface area contributed by atoms with E-state index in [0.717, 1.165) is 12.1 Å². The lowest BCUT2D eigenvalue weighted by atomic mass is 10.2. The minimum atomic E-state index is -4.49. The number of carboxylic acid groups (broad SMARTS) is 1. The van der Waals surface area contributed by atoms with Crippen LogP contribution < -0.4 is 0 Å². The zero-order valence-corrected chi connectivity index (χ0v) is 8.47. The second-order valence-corrected chi connectivity index (χ2v) is 3.15. The number of rotatable bonds is 2. The summed E-state index contributed by atoms with van der Waals surface area (Å²) in [6.07, 6.45) is -3.90. The first-order valence-electron chi connectivity index (χ1n) is 4.48. The van der Waals surface area contributed by atoms with Crippen molar-refractivity contribution < 1.29 is 27.5 Å². The first-order chi connectivity index (χ1) is 8.38. The number of aromatic nitrogens is 3. The summed E-state index contributed by atoms with van der Waals surface area (Å²) in [7, 11) is 0. The van der Waals surface area contributed by atoms with E-state index in [-0.39, 0.29) is 11.6 Å². The van der Waals surface area contributed by atoms with E-state index in [9.17, 15) is 18.0 Å². The molecule has 0 aliphatic rings. The van der Waals surface area contributed by atoms with Gasteiger partial charge < -0.3 is 9.52 Å². The second-order valence-electron chi connectivity index (χ2n) is 3.15. The lowest BCUT2D eigenvalue weighted by molar-refractivity contribution is -0.137. The fraction of sp³-hybridized carbons (Fsp3) is 0.111. The summed E-state index contributed by atoms with van der Waals surface area (Å²) in [5.41, 5.74) is -0.966. The van der Waals surface area contributed by atoms with Crippen molar-refractivity contribution in [2.45, 2.75) is 6.18 Å². The van der Waals surface area contributed by atoms with Crippen LogP contribution >= 0.6 is 0 Å². The van der Waals surface area contributed by atoms with E-state index in [1.54, 1.807) is 0 Å². The molecule has 2 aromatic heterocycles. The van der Waals surface area contributed by atoms with Crippen molar-refractivity contribution in [1.29, 1.82) is 0 Å². The van der Waals surface area contributed by atoms with Gasteiger partial charge in [-0.15, -0.1) is 10.2 Å². The molecule has 0 saturated heterocycles. The predicted molar refractivity (Wildman–Crippen MR) is 49.5 cm³/mol. The van der Waals surface area contributed by atoms with Crippen LogP contribution in [0.25, 0.3) is 11.6 Å². The minimum Gasteiger partial charge on any atom is -0.474 e. The number of hydrogen-bond donors (Lipinski definition) is 1. The SMILES string of the molecule is O=C(O)c1nnc(-c2ccc(C(F)(F)F)cn2)o1. The fourth-order valence-corrected chi connectivity index (χ4v) is 1.10. The Balaban J connectivity index is 2.31. The number of nitrogens with zero attached hydrogens (tertiary/aromatic N) is 3. The van der Waals surface area contributed by atoms with Crippen molar-refractivity contribution in [3.05, 3.63) is 29.8 Å². The van der Waals surface area contributed by atoms with Crippen molar-refractivity contribution in [1.82, 2.24) is 15.2 Å². The molecule has 0 aliphatic carbocycles. The van der Waals surface area contributed by atoms with Crippen LogP contribution in [-0.2, 0) is 6.18 Å². The van der Waals surface area contributed by atoms with Gasteiger partial charge in [0.1, 0.15) is 5.69 Å². The lowest BCUT2D eigenvalue weighted by Gasteiger charge is -2.05. The molecule has 0 fully saturated rings. The molecule has 0 amide bonds. The summed E-state index contributed by atoms with van der Waals surface area (Å²) in [6.45, 7) is 0. The summed E-state index contributed by atoms with van der Waals surface area (Å²) in [6, 6.07) is 1.80.